The number of aliphatic carboxylic acids is 2. The fourth-order valence-electron chi connectivity index (χ4n) is 3.21. The summed E-state index contributed by atoms with van der Waals surface area (Å²) in [7, 11) is 2.18. The molecule has 4 rings (SSSR count). The van der Waals surface area contributed by atoms with Crippen molar-refractivity contribution >= 4 is 40.2 Å². The Morgan fingerprint density at radius 3 is 2.35 bits per heavy atom. The molecule has 1 aromatic heterocycles. The highest BCUT2D eigenvalue weighted by atomic mass is 32.2. The van der Waals surface area contributed by atoms with Crippen molar-refractivity contribution in [3.63, 3.8) is 0 Å². The average Bonchev–Trinajstić information content (AvgIpc) is 3.17. The Balaban J connectivity index is 0.000000293. The smallest absolute Gasteiger partial charge is 0.328 e. The number of nitrogens with zero attached hydrogens (tertiary/aromatic N) is 1. The van der Waals surface area contributed by atoms with Crippen molar-refractivity contribution in [3.8, 4) is 0 Å². The monoisotopic (exact) mass is 436 g/mol. The second-order valence-electron chi connectivity index (χ2n) is 7.08. The van der Waals surface area contributed by atoms with E-state index in [1.165, 1.54) is 31.8 Å². The van der Waals surface area contributed by atoms with E-state index in [1.54, 1.807) is 0 Å². The maximum atomic E-state index is 9.55. The highest BCUT2D eigenvalue weighted by Crippen LogP contribution is 2.34. The quantitative estimate of drug-likeness (QED) is 0.500. The van der Waals surface area contributed by atoms with E-state index < -0.39 is 11.9 Å². The summed E-state index contributed by atoms with van der Waals surface area (Å²) in [5.41, 5.74) is 4.05. The van der Waals surface area contributed by atoms with Gasteiger partial charge in [-0.2, -0.15) is 0 Å². The number of hydrogen-bond acceptors (Lipinski definition) is 4. The number of nitrogens with one attached hydrogen (secondary N) is 1. The number of carbonyl (C=O) groups is 2. The summed E-state index contributed by atoms with van der Waals surface area (Å²) in [5, 5.41) is 17.0. The van der Waals surface area contributed by atoms with Crippen LogP contribution in [0.1, 0.15) is 12.0 Å². The Bertz CT molecular complexity index is 1100. The van der Waals surface area contributed by atoms with Gasteiger partial charge in [0, 0.05) is 57.7 Å². The van der Waals surface area contributed by atoms with Gasteiger partial charge in [-0.1, -0.05) is 36.0 Å². The summed E-state index contributed by atoms with van der Waals surface area (Å²) < 4.78 is 0. The number of rotatable bonds is 5. The Morgan fingerprint density at radius 1 is 1.03 bits per heavy atom. The van der Waals surface area contributed by atoms with Crippen LogP contribution in [0.2, 0.25) is 0 Å². The third kappa shape index (κ3) is 6.60. The molecule has 3 aromatic rings. The number of fused-ring (bicyclic) bond motifs is 1. The molecule has 31 heavy (non-hydrogen) atoms. The van der Waals surface area contributed by atoms with Gasteiger partial charge in [-0.05, 0) is 49.4 Å². The molecule has 0 aliphatic carbocycles. The molecule has 1 aliphatic heterocycles. The summed E-state index contributed by atoms with van der Waals surface area (Å²) >= 11 is 1.82. The lowest BCUT2D eigenvalue weighted by Gasteiger charge is -2.21. The first-order chi connectivity index (χ1) is 14.9. The van der Waals surface area contributed by atoms with Crippen molar-refractivity contribution in [2.24, 2.45) is 0 Å². The zero-order valence-electron chi connectivity index (χ0n) is 17.1. The van der Waals surface area contributed by atoms with Gasteiger partial charge >= 0.3 is 11.9 Å². The predicted molar refractivity (Wildman–Crippen MR) is 123 cm³/mol. The largest absolute Gasteiger partial charge is 0.478 e. The number of aromatic amines is 1. The lowest BCUT2D eigenvalue weighted by Crippen LogP contribution is -2.23. The topological polar surface area (TPSA) is 93.6 Å². The second-order valence-corrected chi connectivity index (χ2v) is 8.22. The number of H-pyrrole nitrogens is 1. The molecule has 0 bridgehead atoms. The first-order valence-corrected chi connectivity index (χ1v) is 10.6. The van der Waals surface area contributed by atoms with Gasteiger partial charge in [0.1, 0.15) is 0 Å². The van der Waals surface area contributed by atoms with Gasteiger partial charge in [-0.15, -0.1) is 0 Å². The number of hydrogen-bond donors (Lipinski definition) is 3. The first kappa shape index (κ1) is 22.4. The van der Waals surface area contributed by atoms with Gasteiger partial charge in [0.15, 0.2) is 0 Å². The van der Waals surface area contributed by atoms with Crippen LogP contribution >= 0.6 is 11.8 Å². The van der Waals surface area contributed by atoms with Crippen LogP contribution in [0.4, 0.5) is 0 Å². The van der Waals surface area contributed by atoms with E-state index in [1.807, 2.05) is 11.8 Å². The van der Waals surface area contributed by atoms with E-state index in [0.717, 1.165) is 19.5 Å². The average molecular weight is 437 g/mol. The molecule has 160 valence electrons. The molecule has 6 nitrogen and oxygen atoms in total. The Kier molecular flexibility index (Phi) is 7.70. The molecule has 0 saturated carbocycles. The molecule has 7 heteroatoms. The Labute approximate surface area is 184 Å². The third-order valence-corrected chi connectivity index (χ3v) is 5.76. The zero-order valence-corrected chi connectivity index (χ0v) is 17.9. The van der Waals surface area contributed by atoms with Gasteiger partial charge < -0.3 is 20.1 Å². The number of carboxylic acid groups (broad SMARTS) is 2. The molecule has 3 N–H and O–H groups in total. The van der Waals surface area contributed by atoms with Crippen molar-refractivity contribution < 1.29 is 19.8 Å². The summed E-state index contributed by atoms with van der Waals surface area (Å²) in [6.45, 7) is 2.18. The minimum atomic E-state index is -1.26. The lowest BCUT2D eigenvalue weighted by molar-refractivity contribution is -0.134. The molecule has 1 aliphatic rings. The van der Waals surface area contributed by atoms with Crippen LogP contribution < -0.4 is 0 Å². The molecule has 0 radical (unpaired) electrons. The molecular formula is C24H24N2O4S. The van der Waals surface area contributed by atoms with Crippen LogP contribution in [-0.4, -0.2) is 52.2 Å². The maximum absolute atomic E-state index is 9.55. The molecule has 0 spiro atoms. The minimum absolute atomic E-state index is 0.558. The van der Waals surface area contributed by atoms with Crippen LogP contribution in [-0.2, 0) is 9.59 Å². The summed E-state index contributed by atoms with van der Waals surface area (Å²) in [4.78, 5) is 27.5. The van der Waals surface area contributed by atoms with Crippen molar-refractivity contribution in [1.82, 2.24) is 9.88 Å². The van der Waals surface area contributed by atoms with Crippen molar-refractivity contribution in [2.45, 2.75) is 16.2 Å². The molecular weight excluding hydrogens is 412 g/mol. The highest BCUT2D eigenvalue weighted by Gasteiger charge is 2.13. The fourth-order valence-corrected chi connectivity index (χ4v) is 4.09. The van der Waals surface area contributed by atoms with Crippen molar-refractivity contribution in [2.75, 3.05) is 20.1 Å². The van der Waals surface area contributed by atoms with Crippen LogP contribution in [0.3, 0.4) is 0 Å². The van der Waals surface area contributed by atoms with Crippen molar-refractivity contribution in [1.29, 1.82) is 0 Å². The summed E-state index contributed by atoms with van der Waals surface area (Å²) in [5.74, 6) is -2.51. The number of benzene rings is 2. The molecule has 2 aromatic carbocycles. The van der Waals surface area contributed by atoms with Crippen molar-refractivity contribution in [3.05, 3.63) is 78.5 Å². The maximum Gasteiger partial charge on any atom is 0.328 e. The molecule has 0 saturated heterocycles. The SMILES string of the molecule is CN1CC=C(c2c[nH]c3ccc(Sc4ccccc4)cc23)CC1.O=C(O)/C=C/C(=O)O. The fraction of sp³-hybridized carbons (Fsp3) is 0.167. The molecule has 0 fully saturated rings. The van der Waals surface area contributed by atoms with E-state index in [2.05, 4.69) is 77.7 Å². The molecule has 0 amide bonds. The Morgan fingerprint density at radius 2 is 1.74 bits per heavy atom. The minimum Gasteiger partial charge on any atom is -0.478 e. The third-order valence-electron chi connectivity index (χ3n) is 4.76. The first-order valence-electron chi connectivity index (χ1n) is 9.78. The highest BCUT2D eigenvalue weighted by molar-refractivity contribution is 7.99. The van der Waals surface area contributed by atoms with Crippen LogP contribution in [0.5, 0.6) is 0 Å². The van der Waals surface area contributed by atoms with E-state index >= 15 is 0 Å². The number of carboxylic acids is 2. The normalized spacial score (nSPS) is 14.2. The van der Waals surface area contributed by atoms with E-state index in [-0.39, 0.29) is 0 Å². The number of likely N-dealkylation sites (N-methyl/N-ethyl adjacent to an activating group) is 1. The number of aromatic nitrogens is 1. The summed E-state index contributed by atoms with van der Waals surface area (Å²) in [6.07, 6.45) is 6.77. The lowest BCUT2D eigenvalue weighted by atomic mass is 9.99. The summed E-state index contributed by atoms with van der Waals surface area (Å²) in [6, 6.07) is 17.3. The second kappa shape index (κ2) is 10.7. The van der Waals surface area contributed by atoms with E-state index in [4.69, 9.17) is 10.2 Å². The van der Waals surface area contributed by atoms with E-state index in [0.29, 0.717) is 12.2 Å². The Hall–Kier alpha value is -3.29. The van der Waals surface area contributed by atoms with Crippen LogP contribution in [0.25, 0.3) is 16.5 Å². The van der Waals surface area contributed by atoms with Crippen LogP contribution in [0, 0.1) is 0 Å². The van der Waals surface area contributed by atoms with Crippen LogP contribution in [0.15, 0.2) is 82.7 Å². The predicted octanol–water partition coefficient (Wildman–Crippen LogP) is 4.75. The molecule has 0 atom stereocenters. The zero-order chi connectivity index (χ0) is 22.2. The molecule has 2 heterocycles. The van der Waals surface area contributed by atoms with Gasteiger partial charge in [0.25, 0.3) is 0 Å². The van der Waals surface area contributed by atoms with Gasteiger partial charge in [0.2, 0.25) is 0 Å². The van der Waals surface area contributed by atoms with Gasteiger partial charge in [-0.3, -0.25) is 0 Å². The standard InChI is InChI=1S/C20H20N2S.C4H4O4/c1-22-11-9-15(10-12-22)19-14-21-20-8-7-17(13-18(19)20)23-16-5-3-2-4-6-16;5-3(6)1-2-4(7)8/h2-9,13-14,21H,10-12H2,1H3;1-2H,(H,5,6)(H,7,8)/b;2-1+. The molecule has 0 unspecified atom stereocenters. The van der Waals surface area contributed by atoms with E-state index in [9.17, 15) is 9.59 Å². The van der Waals surface area contributed by atoms with Gasteiger partial charge in [-0.25, -0.2) is 9.59 Å². The van der Waals surface area contributed by atoms with Gasteiger partial charge in [0.05, 0.1) is 0 Å².